The third-order valence-electron chi connectivity index (χ3n) is 5.00. The number of likely N-dealkylation sites (N-methyl/N-ethyl adjacent to an activating group) is 1. The van der Waals surface area contributed by atoms with Crippen LogP contribution in [0.2, 0.25) is 5.02 Å². The van der Waals surface area contributed by atoms with Crippen molar-refractivity contribution < 1.29 is 17.9 Å². The Morgan fingerprint density at radius 1 is 0.969 bits per heavy atom. The molecule has 0 saturated carbocycles. The molecule has 168 valence electrons. The number of nitrogens with zero attached hydrogens (tertiary/aromatic N) is 2. The van der Waals surface area contributed by atoms with E-state index in [2.05, 4.69) is 0 Å². The minimum Gasteiger partial charge on any atom is -0.495 e. The highest BCUT2D eigenvalue weighted by molar-refractivity contribution is 7.92. The van der Waals surface area contributed by atoms with Crippen LogP contribution in [0.1, 0.15) is 11.1 Å². The van der Waals surface area contributed by atoms with E-state index in [4.69, 9.17) is 16.3 Å². The van der Waals surface area contributed by atoms with Gasteiger partial charge in [-0.25, -0.2) is 8.42 Å². The molecule has 0 aliphatic heterocycles. The molecule has 1 amide bonds. The van der Waals surface area contributed by atoms with Gasteiger partial charge in [-0.2, -0.15) is 0 Å². The van der Waals surface area contributed by atoms with Crippen LogP contribution in [0.15, 0.2) is 77.7 Å². The fourth-order valence-electron chi connectivity index (χ4n) is 3.17. The SMILES string of the molecule is COc1ccccc1N(CC(=O)N(C)Cc1ccc(Cl)cc1)S(=O)(=O)c1ccc(C)cc1. The molecule has 6 nitrogen and oxygen atoms in total. The molecule has 0 aromatic heterocycles. The van der Waals surface area contributed by atoms with Gasteiger partial charge < -0.3 is 9.64 Å². The van der Waals surface area contributed by atoms with Crippen molar-refractivity contribution in [3.05, 3.63) is 88.9 Å². The van der Waals surface area contributed by atoms with Crippen molar-refractivity contribution in [2.45, 2.75) is 18.4 Å². The number of halogens is 1. The Balaban J connectivity index is 1.94. The Bertz CT molecular complexity index is 1180. The van der Waals surface area contributed by atoms with Gasteiger partial charge >= 0.3 is 0 Å². The van der Waals surface area contributed by atoms with Crippen molar-refractivity contribution >= 4 is 33.2 Å². The Morgan fingerprint density at radius 3 is 2.22 bits per heavy atom. The molecule has 3 aromatic rings. The molecule has 0 atom stereocenters. The zero-order valence-corrected chi connectivity index (χ0v) is 19.7. The number of anilines is 1. The summed E-state index contributed by atoms with van der Waals surface area (Å²) in [4.78, 5) is 14.7. The lowest BCUT2D eigenvalue weighted by Gasteiger charge is -2.28. The molecule has 0 unspecified atom stereocenters. The van der Waals surface area contributed by atoms with Gasteiger partial charge in [0.15, 0.2) is 0 Å². The highest BCUT2D eigenvalue weighted by Gasteiger charge is 2.30. The maximum atomic E-state index is 13.6. The number of benzene rings is 3. The molecule has 3 aromatic carbocycles. The summed E-state index contributed by atoms with van der Waals surface area (Å²) in [7, 11) is -0.925. The van der Waals surface area contributed by atoms with Crippen LogP contribution in [-0.2, 0) is 21.4 Å². The first-order valence-electron chi connectivity index (χ1n) is 9.93. The number of ether oxygens (including phenoxy) is 1. The molecule has 8 heteroatoms. The quantitative estimate of drug-likeness (QED) is 0.483. The van der Waals surface area contributed by atoms with Crippen molar-refractivity contribution in [1.29, 1.82) is 0 Å². The number of para-hydroxylation sites is 2. The van der Waals surface area contributed by atoms with Crippen LogP contribution in [0.5, 0.6) is 5.75 Å². The second kappa shape index (κ2) is 10.1. The Labute approximate surface area is 194 Å². The summed E-state index contributed by atoms with van der Waals surface area (Å²) in [6.45, 7) is 1.82. The van der Waals surface area contributed by atoms with Crippen molar-refractivity contribution in [1.82, 2.24) is 4.90 Å². The van der Waals surface area contributed by atoms with Gasteiger partial charge in [0.1, 0.15) is 12.3 Å². The summed E-state index contributed by atoms with van der Waals surface area (Å²) in [6, 6.07) is 20.4. The first-order chi connectivity index (χ1) is 15.2. The largest absolute Gasteiger partial charge is 0.495 e. The van der Waals surface area contributed by atoms with Crippen LogP contribution >= 0.6 is 11.6 Å². The zero-order chi connectivity index (χ0) is 23.3. The van der Waals surface area contributed by atoms with Crippen molar-refractivity contribution in [2.75, 3.05) is 25.0 Å². The van der Waals surface area contributed by atoms with E-state index in [1.54, 1.807) is 55.6 Å². The number of rotatable bonds is 8. The molecule has 0 bridgehead atoms. The lowest BCUT2D eigenvalue weighted by atomic mass is 10.2. The van der Waals surface area contributed by atoms with E-state index < -0.39 is 10.0 Å². The fourth-order valence-corrected chi connectivity index (χ4v) is 4.72. The number of hydrogen-bond donors (Lipinski definition) is 0. The molecular weight excluding hydrogens is 448 g/mol. The number of carbonyl (C=O) groups excluding carboxylic acids is 1. The number of aryl methyl sites for hydroxylation is 1. The van der Waals surface area contributed by atoms with Gasteiger partial charge in [0.2, 0.25) is 5.91 Å². The Morgan fingerprint density at radius 2 is 1.59 bits per heavy atom. The van der Waals surface area contributed by atoms with Gasteiger partial charge in [-0.1, -0.05) is 53.6 Å². The summed E-state index contributed by atoms with van der Waals surface area (Å²) < 4.78 is 33.6. The highest BCUT2D eigenvalue weighted by Crippen LogP contribution is 2.32. The molecule has 0 saturated heterocycles. The molecule has 32 heavy (non-hydrogen) atoms. The van der Waals surface area contributed by atoms with Crippen LogP contribution in [-0.4, -0.2) is 39.9 Å². The van der Waals surface area contributed by atoms with E-state index >= 15 is 0 Å². The van der Waals surface area contributed by atoms with E-state index in [-0.39, 0.29) is 17.3 Å². The smallest absolute Gasteiger partial charge is 0.264 e. The maximum absolute atomic E-state index is 13.6. The third kappa shape index (κ3) is 5.41. The van der Waals surface area contributed by atoms with Crippen molar-refractivity contribution in [3.63, 3.8) is 0 Å². The van der Waals surface area contributed by atoms with Crippen LogP contribution in [0.25, 0.3) is 0 Å². The lowest BCUT2D eigenvalue weighted by Crippen LogP contribution is -2.41. The molecule has 0 radical (unpaired) electrons. The van der Waals surface area contributed by atoms with Crippen molar-refractivity contribution in [2.24, 2.45) is 0 Å². The fraction of sp³-hybridized carbons (Fsp3) is 0.208. The molecule has 0 fully saturated rings. The summed E-state index contributed by atoms with van der Waals surface area (Å²) in [5.41, 5.74) is 2.12. The predicted molar refractivity (Wildman–Crippen MR) is 127 cm³/mol. The molecule has 0 spiro atoms. The molecule has 0 aliphatic carbocycles. The first-order valence-corrected chi connectivity index (χ1v) is 11.7. The number of hydrogen-bond acceptors (Lipinski definition) is 4. The first kappa shape index (κ1) is 23.6. The van der Waals surface area contributed by atoms with Gasteiger partial charge in [0.25, 0.3) is 10.0 Å². The van der Waals surface area contributed by atoms with Crippen LogP contribution in [0.3, 0.4) is 0 Å². The molecule has 0 N–H and O–H groups in total. The van der Waals surface area contributed by atoms with Crippen LogP contribution in [0.4, 0.5) is 5.69 Å². The molecule has 0 aliphatic rings. The average Bonchev–Trinajstić information content (AvgIpc) is 2.79. The van der Waals surface area contributed by atoms with Crippen molar-refractivity contribution in [3.8, 4) is 5.75 Å². The third-order valence-corrected chi connectivity index (χ3v) is 7.03. The summed E-state index contributed by atoms with van der Waals surface area (Å²) in [5, 5.41) is 0.606. The topological polar surface area (TPSA) is 66.9 Å². The average molecular weight is 473 g/mol. The van der Waals surface area contributed by atoms with Crippen LogP contribution in [0, 0.1) is 6.92 Å². The van der Waals surface area contributed by atoms with Gasteiger partial charge in [0.05, 0.1) is 17.7 Å². The monoisotopic (exact) mass is 472 g/mol. The minimum atomic E-state index is -4.02. The lowest BCUT2D eigenvalue weighted by molar-refractivity contribution is -0.128. The molecular formula is C24H25ClN2O4S. The van der Waals surface area contributed by atoms with E-state index in [0.717, 1.165) is 15.4 Å². The normalized spacial score (nSPS) is 11.1. The van der Waals surface area contributed by atoms with Crippen LogP contribution < -0.4 is 9.04 Å². The summed E-state index contributed by atoms with van der Waals surface area (Å²) >= 11 is 5.93. The maximum Gasteiger partial charge on any atom is 0.264 e. The van der Waals surface area contributed by atoms with Gasteiger partial charge in [-0.15, -0.1) is 0 Å². The Kier molecular flexibility index (Phi) is 7.43. The number of amides is 1. The summed E-state index contributed by atoms with van der Waals surface area (Å²) in [5.74, 6) is -0.00196. The van der Waals surface area contributed by atoms with E-state index in [9.17, 15) is 13.2 Å². The second-order valence-electron chi connectivity index (χ2n) is 7.37. The minimum absolute atomic E-state index is 0.0992. The predicted octanol–water partition coefficient (Wildman–Crippen LogP) is 4.51. The standard InChI is InChI=1S/C24H25ClN2O4S/c1-18-8-14-21(15-9-18)32(29,30)27(22-6-4-5-7-23(22)31-3)17-24(28)26(2)16-19-10-12-20(25)13-11-19/h4-15H,16-17H2,1-3H3. The van der Waals surface area contributed by atoms with E-state index in [0.29, 0.717) is 23.0 Å². The number of carbonyl (C=O) groups is 1. The molecule has 3 rings (SSSR count). The zero-order valence-electron chi connectivity index (χ0n) is 18.2. The van der Waals surface area contributed by atoms with E-state index in [1.807, 2.05) is 19.1 Å². The van der Waals surface area contributed by atoms with Gasteiger partial charge in [-0.05, 0) is 48.9 Å². The second-order valence-corrected chi connectivity index (χ2v) is 9.67. The van der Waals surface area contributed by atoms with Gasteiger partial charge in [-0.3, -0.25) is 9.10 Å². The van der Waals surface area contributed by atoms with E-state index in [1.165, 1.54) is 24.1 Å². The molecule has 0 heterocycles. The number of sulfonamides is 1. The highest BCUT2D eigenvalue weighted by atomic mass is 35.5. The van der Waals surface area contributed by atoms with Gasteiger partial charge in [0, 0.05) is 18.6 Å². The Hall–Kier alpha value is -3.03. The summed E-state index contributed by atoms with van der Waals surface area (Å²) in [6.07, 6.45) is 0. The number of methoxy groups -OCH3 is 1.